The van der Waals surface area contributed by atoms with Crippen molar-refractivity contribution in [1.82, 2.24) is 14.5 Å². The van der Waals surface area contributed by atoms with E-state index in [0.717, 1.165) is 12.1 Å². The van der Waals surface area contributed by atoms with Gasteiger partial charge >= 0.3 is 0 Å². The summed E-state index contributed by atoms with van der Waals surface area (Å²) in [4.78, 5) is 46.0. The standard InChI is InChI=1S/C27H18F2N4O3/c28-22-9-8-16(12-23(22)29)15-33-11-3-7-20(27(33)36)26(35)32-18-5-1-4-17(13-18)24(34)21-14-31-25-19(21)6-2-10-30-25/h1-14H,15H2,(H,30,31)(H,32,35). The maximum atomic E-state index is 13.5. The Labute approximate surface area is 203 Å². The molecule has 36 heavy (non-hydrogen) atoms. The lowest BCUT2D eigenvalue weighted by atomic mass is 10.0. The smallest absolute Gasteiger partial charge is 0.263 e. The van der Waals surface area contributed by atoms with Crippen LogP contribution in [0.1, 0.15) is 31.8 Å². The van der Waals surface area contributed by atoms with Gasteiger partial charge in [0, 0.05) is 40.8 Å². The Morgan fingerprint density at radius 2 is 1.81 bits per heavy atom. The number of rotatable bonds is 6. The van der Waals surface area contributed by atoms with Gasteiger partial charge in [-0.3, -0.25) is 14.4 Å². The average molecular weight is 484 g/mol. The van der Waals surface area contributed by atoms with Crippen molar-refractivity contribution in [3.05, 3.63) is 130 Å². The highest BCUT2D eigenvalue weighted by molar-refractivity contribution is 6.16. The number of pyridine rings is 2. The van der Waals surface area contributed by atoms with Gasteiger partial charge in [0.1, 0.15) is 11.2 Å². The van der Waals surface area contributed by atoms with Gasteiger partial charge in [0.05, 0.1) is 6.54 Å². The van der Waals surface area contributed by atoms with Crippen molar-refractivity contribution in [3.63, 3.8) is 0 Å². The van der Waals surface area contributed by atoms with Gasteiger partial charge in [-0.1, -0.05) is 18.2 Å². The highest BCUT2D eigenvalue weighted by Gasteiger charge is 2.17. The summed E-state index contributed by atoms with van der Waals surface area (Å²) in [6.45, 7) is -0.0411. The molecule has 3 aromatic heterocycles. The molecule has 3 heterocycles. The lowest BCUT2D eigenvalue weighted by Crippen LogP contribution is -2.29. The number of H-pyrrole nitrogens is 1. The van der Waals surface area contributed by atoms with Crippen molar-refractivity contribution in [2.75, 3.05) is 5.32 Å². The molecule has 0 radical (unpaired) electrons. The fourth-order valence-electron chi connectivity index (χ4n) is 3.90. The van der Waals surface area contributed by atoms with E-state index in [1.165, 1.54) is 35.0 Å². The molecule has 0 fully saturated rings. The van der Waals surface area contributed by atoms with Gasteiger partial charge in [0.25, 0.3) is 11.5 Å². The predicted molar refractivity (Wildman–Crippen MR) is 130 cm³/mol. The molecule has 0 saturated carbocycles. The van der Waals surface area contributed by atoms with Crippen LogP contribution < -0.4 is 10.9 Å². The first-order chi connectivity index (χ1) is 17.4. The Morgan fingerprint density at radius 1 is 0.944 bits per heavy atom. The number of aromatic amines is 1. The Kier molecular flexibility index (Phi) is 5.95. The fraction of sp³-hybridized carbons (Fsp3) is 0.0370. The maximum Gasteiger partial charge on any atom is 0.263 e. The minimum absolute atomic E-state index is 0.0411. The molecule has 2 aromatic carbocycles. The number of hydrogen-bond donors (Lipinski definition) is 2. The van der Waals surface area contributed by atoms with Crippen LogP contribution in [0.25, 0.3) is 11.0 Å². The zero-order chi connectivity index (χ0) is 25.2. The first-order valence-electron chi connectivity index (χ1n) is 10.9. The topological polar surface area (TPSA) is 96.8 Å². The van der Waals surface area contributed by atoms with Crippen LogP contribution in [0.4, 0.5) is 14.5 Å². The number of nitrogens with one attached hydrogen (secondary N) is 2. The second-order valence-electron chi connectivity index (χ2n) is 8.07. The Bertz CT molecular complexity index is 1690. The molecule has 0 aliphatic carbocycles. The molecule has 2 N–H and O–H groups in total. The molecular formula is C27H18F2N4O3. The summed E-state index contributed by atoms with van der Waals surface area (Å²) < 4.78 is 28.0. The average Bonchev–Trinajstić information content (AvgIpc) is 3.31. The number of halogens is 2. The van der Waals surface area contributed by atoms with Gasteiger partial charge in [-0.05, 0) is 54.1 Å². The zero-order valence-corrected chi connectivity index (χ0v) is 18.7. The highest BCUT2D eigenvalue weighted by atomic mass is 19.2. The van der Waals surface area contributed by atoms with Crippen molar-refractivity contribution < 1.29 is 18.4 Å². The number of amides is 1. The summed E-state index contributed by atoms with van der Waals surface area (Å²) in [5.74, 6) is -2.92. The van der Waals surface area contributed by atoms with E-state index in [1.807, 2.05) is 0 Å². The largest absolute Gasteiger partial charge is 0.345 e. The van der Waals surface area contributed by atoms with Crippen molar-refractivity contribution in [2.24, 2.45) is 0 Å². The van der Waals surface area contributed by atoms with E-state index in [-0.39, 0.29) is 17.9 Å². The van der Waals surface area contributed by atoms with E-state index in [2.05, 4.69) is 15.3 Å². The Hall–Kier alpha value is -4.92. The molecule has 1 amide bonds. The number of carbonyl (C=O) groups excluding carboxylic acids is 2. The van der Waals surface area contributed by atoms with Crippen LogP contribution in [0.15, 0.2) is 90.1 Å². The van der Waals surface area contributed by atoms with E-state index < -0.39 is 23.1 Å². The number of anilines is 1. The second kappa shape index (κ2) is 9.38. The summed E-state index contributed by atoms with van der Waals surface area (Å²) in [7, 11) is 0. The number of ketones is 1. The first kappa shape index (κ1) is 22.9. The fourth-order valence-corrected chi connectivity index (χ4v) is 3.90. The van der Waals surface area contributed by atoms with Crippen LogP contribution in [-0.2, 0) is 6.54 Å². The van der Waals surface area contributed by atoms with Crippen molar-refractivity contribution >= 4 is 28.4 Å². The highest BCUT2D eigenvalue weighted by Crippen LogP contribution is 2.21. The third-order valence-corrected chi connectivity index (χ3v) is 5.68. The van der Waals surface area contributed by atoms with E-state index in [0.29, 0.717) is 33.4 Å². The Morgan fingerprint density at radius 3 is 2.64 bits per heavy atom. The molecule has 0 unspecified atom stereocenters. The molecule has 0 spiro atoms. The monoisotopic (exact) mass is 484 g/mol. The quantitative estimate of drug-likeness (QED) is 0.346. The SMILES string of the molecule is O=C(Nc1cccc(C(=O)c2c[nH]c3ncccc23)c1)c1cccn(Cc2ccc(F)c(F)c2)c1=O. The summed E-state index contributed by atoms with van der Waals surface area (Å²) in [6, 6.07) is 16.1. The molecule has 0 bridgehead atoms. The van der Waals surface area contributed by atoms with Gasteiger partial charge in [0.2, 0.25) is 0 Å². The number of fused-ring (bicyclic) bond motifs is 1. The number of benzene rings is 2. The Balaban J connectivity index is 1.37. The molecule has 9 heteroatoms. The minimum atomic E-state index is -1.02. The van der Waals surface area contributed by atoms with Crippen LogP contribution >= 0.6 is 0 Å². The van der Waals surface area contributed by atoms with E-state index in [9.17, 15) is 23.2 Å². The van der Waals surface area contributed by atoms with Crippen LogP contribution in [0.2, 0.25) is 0 Å². The summed E-state index contributed by atoms with van der Waals surface area (Å²) in [5, 5.41) is 3.33. The molecule has 178 valence electrons. The minimum Gasteiger partial charge on any atom is -0.345 e. The molecule has 0 atom stereocenters. The molecule has 0 saturated heterocycles. The van der Waals surface area contributed by atoms with Gasteiger partial charge in [0.15, 0.2) is 17.4 Å². The molecular weight excluding hydrogens is 466 g/mol. The van der Waals surface area contributed by atoms with Gasteiger partial charge < -0.3 is 14.9 Å². The summed E-state index contributed by atoms with van der Waals surface area (Å²) >= 11 is 0. The van der Waals surface area contributed by atoms with E-state index in [4.69, 9.17) is 0 Å². The number of hydrogen-bond acceptors (Lipinski definition) is 4. The van der Waals surface area contributed by atoms with Crippen molar-refractivity contribution in [1.29, 1.82) is 0 Å². The summed E-state index contributed by atoms with van der Waals surface area (Å²) in [5.41, 5.74) is 1.35. The molecule has 0 aliphatic heterocycles. The van der Waals surface area contributed by atoms with E-state index >= 15 is 0 Å². The third kappa shape index (κ3) is 4.41. The lowest BCUT2D eigenvalue weighted by Gasteiger charge is -2.10. The number of aromatic nitrogens is 3. The van der Waals surface area contributed by atoms with Crippen LogP contribution in [0, 0.1) is 11.6 Å². The maximum absolute atomic E-state index is 13.5. The van der Waals surface area contributed by atoms with Crippen LogP contribution in [0.3, 0.4) is 0 Å². The zero-order valence-electron chi connectivity index (χ0n) is 18.7. The van der Waals surface area contributed by atoms with Crippen LogP contribution in [-0.4, -0.2) is 26.2 Å². The normalized spacial score (nSPS) is 10.9. The molecule has 5 aromatic rings. The molecule has 5 rings (SSSR count). The van der Waals surface area contributed by atoms with Gasteiger partial charge in [-0.15, -0.1) is 0 Å². The van der Waals surface area contributed by atoms with Crippen molar-refractivity contribution in [3.8, 4) is 0 Å². The van der Waals surface area contributed by atoms with Gasteiger partial charge in [-0.25, -0.2) is 13.8 Å². The molecule has 0 aliphatic rings. The second-order valence-corrected chi connectivity index (χ2v) is 8.07. The molecule has 7 nitrogen and oxygen atoms in total. The first-order valence-corrected chi connectivity index (χ1v) is 10.9. The van der Waals surface area contributed by atoms with E-state index in [1.54, 1.807) is 42.7 Å². The van der Waals surface area contributed by atoms with Gasteiger partial charge in [-0.2, -0.15) is 0 Å². The van der Waals surface area contributed by atoms with Crippen LogP contribution in [0.5, 0.6) is 0 Å². The lowest BCUT2D eigenvalue weighted by molar-refractivity contribution is 0.102. The third-order valence-electron chi connectivity index (χ3n) is 5.68. The summed E-state index contributed by atoms with van der Waals surface area (Å²) in [6.07, 6.45) is 4.67. The predicted octanol–water partition coefficient (Wildman–Crippen LogP) is 4.53. The number of nitrogens with zero attached hydrogens (tertiary/aromatic N) is 2. The number of carbonyl (C=O) groups is 2. The van der Waals surface area contributed by atoms with Crippen molar-refractivity contribution in [2.45, 2.75) is 6.54 Å².